The molecule has 0 fully saturated rings. The third kappa shape index (κ3) is 3.10. The van der Waals surface area contributed by atoms with Crippen LogP contribution < -0.4 is 4.90 Å². The van der Waals surface area contributed by atoms with E-state index >= 15 is 0 Å². The molecule has 110 valence electrons. The Morgan fingerprint density at radius 2 is 1.85 bits per heavy atom. The fourth-order valence-electron chi connectivity index (χ4n) is 1.98. The van der Waals surface area contributed by atoms with Gasteiger partial charge in [-0.1, -0.05) is 6.07 Å². The van der Waals surface area contributed by atoms with E-state index in [2.05, 4.69) is 0 Å². The van der Waals surface area contributed by atoms with Crippen LogP contribution in [0, 0.1) is 0 Å². The van der Waals surface area contributed by atoms with Gasteiger partial charge >= 0.3 is 5.97 Å². The molecule has 1 aromatic rings. The predicted octanol–water partition coefficient (Wildman–Crippen LogP) is 2.08. The molecule has 1 aromatic carbocycles. The molecule has 1 amide bonds. The first-order valence-electron chi connectivity index (χ1n) is 6.54. The zero-order chi connectivity index (χ0) is 15.5. The number of hydrogen-bond donors (Lipinski definition) is 1. The molecule has 0 radical (unpaired) electrons. The van der Waals surface area contributed by atoms with Crippen LogP contribution in [0.2, 0.25) is 0 Å². The summed E-state index contributed by atoms with van der Waals surface area (Å²) in [5, 5.41) is 9.28. The molecule has 0 aromatic heterocycles. The first-order valence-corrected chi connectivity index (χ1v) is 6.54. The first kappa shape index (κ1) is 16.0. The number of rotatable bonds is 5. The quantitative estimate of drug-likeness (QED) is 0.895. The number of likely N-dealkylation sites (N-methyl/N-ethyl adjacent to an activating group) is 1. The Morgan fingerprint density at radius 3 is 2.30 bits per heavy atom. The lowest BCUT2D eigenvalue weighted by Gasteiger charge is -2.34. The smallest absolute Gasteiger partial charge is 0.329 e. The van der Waals surface area contributed by atoms with Crippen LogP contribution in [0.3, 0.4) is 0 Å². The summed E-state index contributed by atoms with van der Waals surface area (Å²) in [6.07, 6.45) is 0. The minimum absolute atomic E-state index is 0.274. The fraction of sp³-hybridized carbons (Fsp3) is 0.467. The number of hydrogen-bond acceptors (Lipinski definition) is 3. The van der Waals surface area contributed by atoms with Crippen LogP contribution in [-0.2, 0) is 4.79 Å². The minimum Gasteiger partial charge on any atom is -0.480 e. The van der Waals surface area contributed by atoms with Crippen molar-refractivity contribution in [2.75, 3.05) is 25.5 Å². The molecule has 0 aliphatic rings. The highest BCUT2D eigenvalue weighted by molar-refractivity contribution is 5.98. The van der Waals surface area contributed by atoms with Gasteiger partial charge in [0, 0.05) is 31.9 Å². The predicted molar refractivity (Wildman–Crippen MR) is 79.2 cm³/mol. The maximum absolute atomic E-state index is 12.5. The van der Waals surface area contributed by atoms with Crippen molar-refractivity contribution >= 4 is 17.6 Å². The van der Waals surface area contributed by atoms with Gasteiger partial charge in [-0.3, -0.25) is 4.79 Å². The Morgan fingerprint density at radius 1 is 1.25 bits per heavy atom. The number of carboxylic acid groups (broad SMARTS) is 1. The molecule has 0 saturated heterocycles. The van der Waals surface area contributed by atoms with Gasteiger partial charge in [0.25, 0.3) is 5.91 Å². The molecule has 0 bridgehead atoms. The maximum atomic E-state index is 12.5. The van der Waals surface area contributed by atoms with Crippen molar-refractivity contribution in [1.82, 2.24) is 4.90 Å². The molecular formula is C15H22N2O3. The Hall–Kier alpha value is -2.04. The summed E-state index contributed by atoms with van der Waals surface area (Å²) < 4.78 is 0. The Bertz CT molecular complexity index is 510. The molecule has 5 heteroatoms. The number of nitrogens with zero attached hydrogens (tertiary/aromatic N) is 2. The van der Waals surface area contributed by atoms with Crippen LogP contribution in [0.25, 0.3) is 0 Å². The van der Waals surface area contributed by atoms with Crippen LogP contribution in [0.4, 0.5) is 5.69 Å². The zero-order valence-electron chi connectivity index (χ0n) is 12.7. The van der Waals surface area contributed by atoms with Gasteiger partial charge in [0.1, 0.15) is 5.54 Å². The summed E-state index contributed by atoms with van der Waals surface area (Å²) in [5.41, 5.74) is 0.160. The Balaban J connectivity index is 3.15. The highest BCUT2D eigenvalue weighted by atomic mass is 16.4. The summed E-state index contributed by atoms with van der Waals surface area (Å²) >= 11 is 0. The highest BCUT2D eigenvalue weighted by Gasteiger charge is 2.37. The number of carbonyl (C=O) groups is 2. The van der Waals surface area contributed by atoms with Gasteiger partial charge in [0.2, 0.25) is 0 Å². The van der Waals surface area contributed by atoms with Crippen molar-refractivity contribution in [2.24, 2.45) is 0 Å². The van der Waals surface area contributed by atoms with Crippen molar-refractivity contribution in [3.05, 3.63) is 29.8 Å². The molecule has 1 rings (SSSR count). The molecule has 0 saturated carbocycles. The van der Waals surface area contributed by atoms with Crippen LogP contribution in [-0.4, -0.2) is 48.1 Å². The third-order valence-corrected chi connectivity index (χ3v) is 3.37. The summed E-state index contributed by atoms with van der Waals surface area (Å²) in [6, 6.07) is 7.17. The van der Waals surface area contributed by atoms with Gasteiger partial charge in [0.15, 0.2) is 0 Å². The van der Waals surface area contributed by atoms with Crippen molar-refractivity contribution < 1.29 is 14.7 Å². The normalized spacial score (nSPS) is 11.1. The van der Waals surface area contributed by atoms with Crippen LogP contribution in [0.15, 0.2) is 24.3 Å². The van der Waals surface area contributed by atoms with Crippen molar-refractivity contribution in [2.45, 2.75) is 26.3 Å². The van der Waals surface area contributed by atoms with E-state index < -0.39 is 11.5 Å². The van der Waals surface area contributed by atoms with E-state index in [1.807, 2.05) is 25.1 Å². The van der Waals surface area contributed by atoms with Crippen LogP contribution >= 0.6 is 0 Å². The molecule has 0 aliphatic heterocycles. The molecule has 0 heterocycles. The van der Waals surface area contributed by atoms with E-state index in [4.69, 9.17) is 0 Å². The van der Waals surface area contributed by atoms with E-state index in [0.717, 1.165) is 5.69 Å². The van der Waals surface area contributed by atoms with E-state index in [-0.39, 0.29) is 5.91 Å². The van der Waals surface area contributed by atoms with Crippen molar-refractivity contribution in [1.29, 1.82) is 0 Å². The van der Waals surface area contributed by atoms with E-state index in [1.54, 1.807) is 25.1 Å². The first-order chi connectivity index (χ1) is 9.21. The van der Waals surface area contributed by atoms with E-state index in [0.29, 0.717) is 12.1 Å². The average Bonchev–Trinajstić information content (AvgIpc) is 2.39. The fourth-order valence-corrected chi connectivity index (χ4v) is 1.98. The van der Waals surface area contributed by atoms with E-state index in [1.165, 1.54) is 18.7 Å². The van der Waals surface area contributed by atoms with Gasteiger partial charge in [0.05, 0.1) is 0 Å². The number of aliphatic carboxylic acids is 1. The number of anilines is 1. The summed E-state index contributed by atoms with van der Waals surface area (Å²) in [7, 11) is 3.78. The lowest BCUT2D eigenvalue weighted by Crippen LogP contribution is -2.52. The number of carboxylic acids is 1. The molecule has 0 spiro atoms. The highest BCUT2D eigenvalue weighted by Crippen LogP contribution is 2.20. The molecular weight excluding hydrogens is 256 g/mol. The molecule has 20 heavy (non-hydrogen) atoms. The summed E-state index contributed by atoms with van der Waals surface area (Å²) in [4.78, 5) is 27.1. The Labute approximate surface area is 119 Å². The molecule has 0 unspecified atom stereocenters. The standard InChI is InChI=1S/C15H22N2O3/c1-6-17(15(2,3)14(19)20)13(18)11-8-7-9-12(10-11)16(4)5/h7-10H,6H2,1-5H3,(H,19,20). The maximum Gasteiger partial charge on any atom is 0.329 e. The molecule has 0 atom stereocenters. The monoisotopic (exact) mass is 278 g/mol. The van der Waals surface area contributed by atoms with Crippen molar-refractivity contribution in [3.8, 4) is 0 Å². The molecule has 0 aliphatic carbocycles. The Kier molecular flexibility index (Phi) is 4.76. The van der Waals surface area contributed by atoms with E-state index in [9.17, 15) is 14.7 Å². The third-order valence-electron chi connectivity index (χ3n) is 3.37. The SMILES string of the molecule is CCN(C(=O)c1cccc(N(C)C)c1)C(C)(C)C(=O)O. The number of carbonyl (C=O) groups excluding carboxylic acids is 1. The van der Waals surface area contributed by atoms with Gasteiger partial charge in [-0.05, 0) is 39.0 Å². The largest absolute Gasteiger partial charge is 0.480 e. The number of amides is 1. The lowest BCUT2D eigenvalue weighted by molar-refractivity contribution is -0.147. The topological polar surface area (TPSA) is 60.9 Å². The van der Waals surface area contributed by atoms with Gasteiger partial charge in [-0.25, -0.2) is 4.79 Å². The second-order valence-corrected chi connectivity index (χ2v) is 5.36. The van der Waals surface area contributed by atoms with Crippen LogP contribution in [0.5, 0.6) is 0 Å². The molecule has 1 N–H and O–H groups in total. The summed E-state index contributed by atoms with van der Waals surface area (Å²) in [6.45, 7) is 5.18. The summed E-state index contributed by atoms with van der Waals surface area (Å²) in [5.74, 6) is -1.29. The second kappa shape index (κ2) is 5.94. The zero-order valence-corrected chi connectivity index (χ0v) is 12.7. The van der Waals surface area contributed by atoms with Gasteiger partial charge in [-0.15, -0.1) is 0 Å². The minimum atomic E-state index is -1.24. The number of benzene rings is 1. The second-order valence-electron chi connectivity index (χ2n) is 5.36. The van der Waals surface area contributed by atoms with Gasteiger partial charge in [-0.2, -0.15) is 0 Å². The van der Waals surface area contributed by atoms with Crippen molar-refractivity contribution in [3.63, 3.8) is 0 Å². The average molecular weight is 278 g/mol. The van der Waals surface area contributed by atoms with Gasteiger partial charge < -0.3 is 14.9 Å². The molecule has 5 nitrogen and oxygen atoms in total. The lowest BCUT2D eigenvalue weighted by atomic mass is 10.0. The van der Waals surface area contributed by atoms with Crippen LogP contribution in [0.1, 0.15) is 31.1 Å².